The van der Waals surface area contributed by atoms with E-state index >= 15 is 0 Å². The van der Waals surface area contributed by atoms with E-state index in [0.717, 1.165) is 51.4 Å². The Morgan fingerprint density at radius 3 is 0.876 bits per heavy atom. The molecule has 6 nitrogen and oxygen atoms in total. The number of nitrogens with one attached hydrogen (secondary N) is 1. The van der Waals surface area contributed by atoms with Gasteiger partial charge in [0.05, 0.1) is 25.4 Å². The van der Waals surface area contributed by atoms with E-state index in [-0.39, 0.29) is 18.5 Å². The van der Waals surface area contributed by atoms with E-state index in [0.29, 0.717) is 19.4 Å². The number of carbonyl (C=O) groups is 2. The van der Waals surface area contributed by atoms with Gasteiger partial charge in [-0.15, -0.1) is 0 Å². The van der Waals surface area contributed by atoms with E-state index in [2.05, 4.69) is 55.6 Å². The Bertz CT molecular complexity index is 1490. The Morgan fingerprint density at radius 2 is 0.562 bits per heavy atom. The van der Waals surface area contributed by atoms with Gasteiger partial charge in [-0.25, -0.2) is 0 Å². The van der Waals surface area contributed by atoms with Crippen LogP contribution in [0.4, 0.5) is 0 Å². The molecule has 1 amide bonds. The normalized spacial score (nSPS) is 12.7. The minimum absolute atomic E-state index is 0.0106. The number of unbranched alkanes of at least 4 members (excludes halogenated alkanes) is 59. The van der Waals surface area contributed by atoms with Crippen molar-refractivity contribution in [1.82, 2.24) is 5.32 Å². The quantitative estimate of drug-likeness (QED) is 0.0320. The first-order valence-corrected chi connectivity index (χ1v) is 40.4. The van der Waals surface area contributed by atoms with Crippen molar-refractivity contribution in [2.75, 3.05) is 13.2 Å². The molecule has 0 spiro atoms. The molecule has 0 aromatic carbocycles. The number of hydrogen-bond acceptors (Lipinski definition) is 5. The van der Waals surface area contributed by atoms with E-state index in [1.165, 1.54) is 366 Å². The van der Waals surface area contributed by atoms with Gasteiger partial charge in [-0.3, -0.25) is 9.59 Å². The highest BCUT2D eigenvalue weighted by molar-refractivity contribution is 5.76. The number of aliphatic hydroxyl groups excluding tert-OH is 2. The number of ether oxygens (including phenoxy) is 1. The molecule has 0 aliphatic heterocycles. The van der Waals surface area contributed by atoms with Crippen molar-refractivity contribution >= 4 is 11.9 Å². The number of hydrogen-bond donors (Lipinski definition) is 3. The second kappa shape index (κ2) is 78.3. The fourth-order valence-electron chi connectivity index (χ4n) is 12.7. The van der Waals surface area contributed by atoms with E-state index in [1.807, 2.05) is 6.08 Å². The third-order valence-corrected chi connectivity index (χ3v) is 18.8. The van der Waals surface area contributed by atoms with Crippen LogP contribution < -0.4 is 5.32 Å². The van der Waals surface area contributed by atoms with Gasteiger partial charge in [0.1, 0.15) is 0 Å². The summed E-state index contributed by atoms with van der Waals surface area (Å²) in [6.07, 6.45) is 104. The number of esters is 1. The van der Waals surface area contributed by atoms with E-state index in [1.54, 1.807) is 6.08 Å². The Kier molecular flexibility index (Phi) is 76.3. The molecular formula is C83H157NO5. The van der Waals surface area contributed by atoms with Gasteiger partial charge in [0.15, 0.2) is 0 Å². The predicted octanol–water partition coefficient (Wildman–Crippen LogP) is 26.8. The van der Waals surface area contributed by atoms with Gasteiger partial charge in [0.25, 0.3) is 0 Å². The van der Waals surface area contributed by atoms with Crippen molar-refractivity contribution < 1.29 is 24.5 Å². The Hall–Kier alpha value is -2.18. The highest BCUT2D eigenvalue weighted by Crippen LogP contribution is 2.19. The Labute approximate surface area is 556 Å². The molecule has 0 fully saturated rings. The summed E-state index contributed by atoms with van der Waals surface area (Å²) in [5.41, 5.74) is 0. The van der Waals surface area contributed by atoms with Crippen LogP contribution in [0.3, 0.4) is 0 Å². The molecule has 524 valence electrons. The lowest BCUT2D eigenvalue weighted by Crippen LogP contribution is -2.45. The summed E-state index contributed by atoms with van der Waals surface area (Å²) in [7, 11) is 0. The van der Waals surface area contributed by atoms with Gasteiger partial charge in [0.2, 0.25) is 5.91 Å². The number of amides is 1. The molecule has 3 N–H and O–H groups in total. The average molecular weight is 1250 g/mol. The van der Waals surface area contributed by atoms with Crippen LogP contribution in [0.2, 0.25) is 0 Å². The maximum Gasteiger partial charge on any atom is 0.305 e. The predicted molar refractivity (Wildman–Crippen MR) is 393 cm³/mol. The lowest BCUT2D eigenvalue weighted by atomic mass is 10.0. The van der Waals surface area contributed by atoms with Crippen LogP contribution in [0.15, 0.2) is 48.6 Å². The first-order valence-electron chi connectivity index (χ1n) is 40.4. The zero-order chi connectivity index (χ0) is 64.2. The third kappa shape index (κ3) is 74.7. The first kappa shape index (κ1) is 86.8. The maximum atomic E-state index is 12.6. The summed E-state index contributed by atoms with van der Waals surface area (Å²) in [5.74, 6) is -0.0508. The summed E-state index contributed by atoms with van der Waals surface area (Å²) in [5, 5.41) is 23.3. The van der Waals surface area contributed by atoms with Crippen molar-refractivity contribution in [2.24, 2.45) is 0 Å². The molecule has 0 bridgehead atoms. The Balaban J connectivity index is 3.38. The van der Waals surface area contributed by atoms with Crippen molar-refractivity contribution in [2.45, 2.75) is 456 Å². The van der Waals surface area contributed by atoms with E-state index in [9.17, 15) is 19.8 Å². The molecule has 0 radical (unpaired) electrons. The average Bonchev–Trinajstić information content (AvgIpc) is 3.60. The highest BCUT2D eigenvalue weighted by atomic mass is 16.5. The largest absolute Gasteiger partial charge is 0.466 e. The van der Waals surface area contributed by atoms with Crippen LogP contribution >= 0.6 is 0 Å². The number of rotatable bonds is 76. The van der Waals surface area contributed by atoms with E-state index < -0.39 is 12.1 Å². The second-order valence-corrected chi connectivity index (χ2v) is 27.7. The highest BCUT2D eigenvalue weighted by Gasteiger charge is 2.18. The van der Waals surface area contributed by atoms with Crippen LogP contribution in [0.5, 0.6) is 0 Å². The summed E-state index contributed by atoms with van der Waals surface area (Å²) in [4.78, 5) is 24.7. The lowest BCUT2D eigenvalue weighted by Gasteiger charge is -2.20. The molecule has 2 unspecified atom stereocenters. The number of carbonyl (C=O) groups excluding carboxylic acids is 2. The first-order chi connectivity index (χ1) is 44.0. The van der Waals surface area contributed by atoms with Crippen LogP contribution in [-0.2, 0) is 14.3 Å². The van der Waals surface area contributed by atoms with Gasteiger partial charge in [-0.05, 0) is 89.9 Å². The molecular weight excluding hydrogens is 1090 g/mol. The summed E-state index contributed by atoms with van der Waals surface area (Å²) in [6, 6.07) is -0.628. The van der Waals surface area contributed by atoms with Gasteiger partial charge in [0, 0.05) is 12.8 Å². The molecule has 0 heterocycles. The molecule has 0 aliphatic rings. The smallest absolute Gasteiger partial charge is 0.305 e. The fraction of sp³-hybridized carbons (Fsp3) is 0.880. The SMILES string of the molecule is CCCCCC/C=C\C/C=C\CCCCCCCCCC(=O)OCCCCCCCCCCCCCC/C=C\CCCCCCCCCCCCCCCCCC(=O)NC(CO)C(O)/C=C/CCCCCCCCCCCCCCCCCCCCCCC. The minimum atomic E-state index is -0.845. The summed E-state index contributed by atoms with van der Waals surface area (Å²) >= 11 is 0. The van der Waals surface area contributed by atoms with Crippen LogP contribution in [0, 0.1) is 0 Å². The van der Waals surface area contributed by atoms with Gasteiger partial charge in [-0.1, -0.05) is 390 Å². The topological polar surface area (TPSA) is 95.9 Å². The number of allylic oxidation sites excluding steroid dienone is 7. The summed E-state index contributed by atoms with van der Waals surface area (Å²) in [6.45, 7) is 4.93. The molecule has 89 heavy (non-hydrogen) atoms. The minimum Gasteiger partial charge on any atom is -0.466 e. The molecule has 0 aromatic rings. The zero-order valence-electron chi connectivity index (χ0n) is 60.2. The van der Waals surface area contributed by atoms with Gasteiger partial charge < -0.3 is 20.3 Å². The summed E-state index contributed by atoms with van der Waals surface area (Å²) < 4.78 is 5.51. The third-order valence-electron chi connectivity index (χ3n) is 18.8. The van der Waals surface area contributed by atoms with Gasteiger partial charge >= 0.3 is 5.97 Å². The Morgan fingerprint density at radius 1 is 0.315 bits per heavy atom. The molecule has 0 saturated carbocycles. The number of aliphatic hydroxyl groups is 2. The van der Waals surface area contributed by atoms with E-state index in [4.69, 9.17) is 4.74 Å². The van der Waals surface area contributed by atoms with Crippen LogP contribution in [-0.4, -0.2) is 47.4 Å². The second-order valence-electron chi connectivity index (χ2n) is 27.7. The van der Waals surface area contributed by atoms with Crippen molar-refractivity contribution in [3.8, 4) is 0 Å². The van der Waals surface area contributed by atoms with Crippen LogP contribution in [0.1, 0.15) is 444 Å². The maximum absolute atomic E-state index is 12.6. The van der Waals surface area contributed by atoms with Gasteiger partial charge in [-0.2, -0.15) is 0 Å². The fourth-order valence-corrected chi connectivity index (χ4v) is 12.7. The van der Waals surface area contributed by atoms with Crippen LogP contribution in [0.25, 0.3) is 0 Å². The van der Waals surface area contributed by atoms with Crippen molar-refractivity contribution in [1.29, 1.82) is 0 Å². The molecule has 0 rings (SSSR count). The molecule has 0 aromatic heterocycles. The zero-order valence-corrected chi connectivity index (χ0v) is 60.2. The monoisotopic (exact) mass is 1250 g/mol. The molecule has 2 atom stereocenters. The lowest BCUT2D eigenvalue weighted by molar-refractivity contribution is -0.143. The molecule has 0 aliphatic carbocycles. The van der Waals surface area contributed by atoms with Crippen molar-refractivity contribution in [3.63, 3.8) is 0 Å². The van der Waals surface area contributed by atoms with Crippen molar-refractivity contribution in [3.05, 3.63) is 48.6 Å². The standard InChI is InChI=1S/C83H157NO5/c1-3-5-7-9-11-13-15-17-19-21-23-24-34-37-40-43-47-51-55-59-63-67-71-75-81(86)80(79-85)84-82(87)76-72-68-64-60-56-52-48-44-41-38-35-32-30-28-26-25-27-29-31-33-36-39-42-46-50-54-58-62-66-70-74-78-89-83(88)77-73-69-65-61-57-53-49-45-22-20-18-16-14-12-10-8-6-4-2/h14,16,20,22,27,29,71,75,80-81,85-86H,3-13,15,17-19,21,23-26,28,30-70,72-74,76-79H2,1-2H3,(H,84,87)/b16-14-,22-20-,29-27-,75-71+. The molecule has 6 heteroatoms. The molecule has 0 saturated heterocycles.